The van der Waals surface area contributed by atoms with Crippen molar-refractivity contribution in [2.24, 2.45) is 0 Å². The fraction of sp³-hybridized carbons (Fsp3) is 0.222. The highest BCUT2D eigenvalue weighted by molar-refractivity contribution is 9.11. The molecular weight excluding hydrogens is 386 g/mol. The number of hydrogen-bond acceptors (Lipinski definition) is 7. The van der Waals surface area contributed by atoms with Gasteiger partial charge in [0.15, 0.2) is 0 Å². The van der Waals surface area contributed by atoms with Gasteiger partial charge in [0.1, 0.15) is 15.5 Å². The van der Waals surface area contributed by atoms with Gasteiger partial charge < -0.3 is 0 Å². The summed E-state index contributed by atoms with van der Waals surface area (Å²) in [6.45, 7) is 0.294. The molecule has 0 bridgehead atoms. The molecule has 0 radical (unpaired) electrons. The summed E-state index contributed by atoms with van der Waals surface area (Å²) in [6.07, 6.45) is 2.03. The summed E-state index contributed by atoms with van der Waals surface area (Å²) in [6, 6.07) is 3.28. The second kappa shape index (κ2) is 5.48. The topological polar surface area (TPSA) is 89.2 Å². The van der Waals surface area contributed by atoms with E-state index in [0.29, 0.717) is 22.1 Å². The monoisotopic (exact) mass is 393 g/mol. The Balaban J connectivity index is 1.63. The molecule has 1 N–H and O–H groups in total. The van der Waals surface area contributed by atoms with E-state index in [-0.39, 0.29) is 0 Å². The molecule has 0 saturated heterocycles. The lowest BCUT2D eigenvalue weighted by atomic mass is 10.5. The molecule has 0 aliphatic carbocycles. The number of aromatic nitrogens is 4. The van der Waals surface area contributed by atoms with E-state index in [2.05, 4.69) is 35.9 Å². The minimum absolute atomic E-state index is 0.294. The summed E-state index contributed by atoms with van der Waals surface area (Å²) in [7, 11) is -3.45. The second-order valence-corrected chi connectivity index (χ2v) is 9.26. The molecule has 0 aliphatic heterocycles. The molecule has 0 amide bonds. The zero-order valence-electron chi connectivity index (χ0n) is 9.85. The van der Waals surface area contributed by atoms with Crippen molar-refractivity contribution in [1.82, 2.24) is 24.5 Å². The van der Waals surface area contributed by atoms with Crippen LogP contribution in [0.1, 0.15) is 5.01 Å². The van der Waals surface area contributed by atoms with Gasteiger partial charge in [0.25, 0.3) is 0 Å². The molecule has 3 aromatic heterocycles. The second-order valence-electron chi connectivity index (χ2n) is 3.76. The lowest BCUT2D eigenvalue weighted by Gasteiger charge is -2.02. The van der Waals surface area contributed by atoms with Gasteiger partial charge >= 0.3 is 0 Å². The first kappa shape index (κ1) is 14.1. The quantitative estimate of drug-likeness (QED) is 0.709. The van der Waals surface area contributed by atoms with E-state index in [1.54, 1.807) is 16.6 Å². The molecule has 3 heterocycles. The highest BCUT2D eigenvalue weighted by Gasteiger charge is 2.16. The minimum atomic E-state index is -3.45. The number of thiophene rings is 1. The number of sulfonamides is 1. The standard InChI is InChI=1S/C9H8BrN5O2S3/c10-6-1-2-8(18-6)20(16,17)12-4-3-7-14-15-5-11-13-9(15)19-7/h1-2,5,12H,3-4H2. The van der Waals surface area contributed by atoms with Crippen LogP contribution < -0.4 is 4.72 Å². The highest BCUT2D eigenvalue weighted by atomic mass is 79.9. The zero-order valence-corrected chi connectivity index (χ0v) is 13.9. The first-order chi connectivity index (χ1) is 9.54. The Labute approximate surface area is 130 Å². The summed E-state index contributed by atoms with van der Waals surface area (Å²) >= 11 is 5.82. The van der Waals surface area contributed by atoms with Crippen molar-refractivity contribution in [3.8, 4) is 0 Å². The molecule has 3 aromatic rings. The van der Waals surface area contributed by atoms with Gasteiger partial charge in [-0.2, -0.15) is 9.61 Å². The molecule has 0 saturated carbocycles. The maximum atomic E-state index is 12.0. The van der Waals surface area contributed by atoms with E-state index in [9.17, 15) is 8.42 Å². The van der Waals surface area contributed by atoms with Crippen molar-refractivity contribution < 1.29 is 8.42 Å². The number of nitrogens with zero attached hydrogens (tertiary/aromatic N) is 4. The molecule has 0 atom stereocenters. The Kier molecular flexibility index (Phi) is 3.86. The summed E-state index contributed by atoms with van der Waals surface area (Å²) in [5.41, 5.74) is 0. The van der Waals surface area contributed by atoms with Crippen LogP contribution in [-0.4, -0.2) is 34.8 Å². The molecule has 11 heteroatoms. The Morgan fingerprint density at radius 2 is 2.20 bits per heavy atom. The maximum Gasteiger partial charge on any atom is 0.250 e. The Bertz CT molecular complexity index is 808. The molecule has 106 valence electrons. The predicted molar refractivity (Wildman–Crippen MR) is 79.6 cm³/mol. The molecule has 7 nitrogen and oxygen atoms in total. The summed E-state index contributed by atoms with van der Waals surface area (Å²) in [4.78, 5) is 0.699. The fourth-order valence-corrected chi connectivity index (χ4v) is 5.41. The number of nitrogens with one attached hydrogen (secondary N) is 1. The highest BCUT2D eigenvalue weighted by Crippen LogP contribution is 2.25. The van der Waals surface area contributed by atoms with Gasteiger partial charge in [-0.15, -0.1) is 21.5 Å². The van der Waals surface area contributed by atoms with E-state index in [1.165, 1.54) is 29.0 Å². The fourth-order valence-electron chi connectivity index (χ4n) is 1.51. The van der Waals surface area contributed by atoms with E-state index in [1.807, 2.05) is 0 Å². The molecule has 3 rings (SSSR count). The van der Waals surface area contributed by atoms with Crippen LogP contribution >= 0.6 is 38.6 Å². The predicted octanol–water partition coefficient (Wildman–Crippen LogP) is 1.53. The molecule has 0 spiro atoms. The van der Waals surface area contributed by atoms with Gasteiger partial charge in [0.05, 0.1) is 3.79 Å². The number of rotatable bonds is 5. The summed E-state index contributed by atoms with van der Waals surface area (Å²) in [5.74, 6) is 0. The zero-order chi connectivity index (χ0) is 14.2. The van der Waals surface area contributed by atoms with Gasteiger partial charge in [-0.3, -0.25) is 0 Å². The normalized spacial score (nSPS) is 12.2. The van der Waals surface area contributed by atoms with Crippen LogP contribution in [0.15, 0.2) is 26.5 Å². The molecule has 0 unspecified atom stereocenters. The van der Waals surface area contributed by atoms with Crippen molar-refractivity contribution in [3.63, 3.8) is 0 Å². The Morgan fingerprint density at radius 1 is 1.35 bits per heavy atom. The maximum absolute atomic E-state index is 12.0. The van der Waals surface area contributed by atoms with Crippen molar-refractivity contribution in [1.29, 1.82) is 0 Å². The molecular formula is C9H8BrN5O2S3. The number of halogens is 1. The summed E-state index contributed by atoms with van der Waals surface area (Å²) < 4.78 is 29.2. The average molecular weight is 394 g/mol. The SMILES string of the molecule is O=S(=O)(NCCc1nn2cnnc2s1)c1ccc(Br)s1. The van der Waals surface area contributed by atoms with Crippen molar-refractivity contribution in [2.75, 3.05) is 6.54 Å². The first-order valence-electron chi connectivity index (χ1n) is 5.45. The lowest BCUT2D eigenvalue weighted by Crippen LogP contribution is -2.25. The van der Waals surface area contributed by atoms with E-state index in [4.69, 9.17) is 0 Å². The van der Waals surface area contributed by atoms with Crippen molar-refractivity contribution in [2.45, 2.75) is 10.6 Å². The molecule has 0 aliphatic rings. The smallest absolute Gasteiger partial charge is 0.210 e. The molecule has 0 fully saturated rings. The Morgan fingerprint density at radius 3 is 2.90 bits per heavy atom. The van der Waals surface area contributed by atoms with Crippen molar-refractivity contribution >= 4 is 53.6 Å². The van der Waals surface area contributed by atoms with Crippen LogP contribution in [0.4, 0.5) is 0 Å². The van der Waals surface area contributed by atoms with Crippen molar-refractivity contribution in [3.05, 3.63) is 27.3 Å². The van der Waals surface area contributed by atoms with Crippen LogP contribution in [0.3, 0.4) is 0 Å². The lowest BCUT2D eigenvalue weighted by molar-refractivity contribution is 0.583. The van der Waals surface area contributed by atoms with E-state index in [0.717, 1.165) is 8.79 Å². The number of hydrogen-bond donors (Lipinski definition) is 1. The van der Waals surface area contributed by atoms with E-state index >= 15 is 0 Å². The van der Waals surface area contributed by atoms with Crippen LogP contribution in [0.25, 0.3) is 4.96 Å². The third-order valence-corrected chi connectivity index (χ3v) is 6.92. The molecule has 20 heavy (non-hydrogen) atoms. The third kappa shape index (κ3) is 2.91. The Hall–Kier alpha value is -0.880. The molecule has 0 aromatic carbocycles. The van der Waals surface area contributed by atoms with Crippen LogP contribution in [0.2, 0.25) is 0 Å². The van der Waals surface area contributed by atoms with Gasteiger partial charge in [-0.1, -0.05) is 11.3 Å². The average Bonchev–Trinajstić information content (AvgIpc) is 3.03. The first-order valence-corrected chi connectivity index (χ1v) is 9.36. The van der Waals surface area contributed by atoms with Gasteiger partial charge in [-0.05, 0) is 28.1 Å². The third-order valence-electron chi connectivity index (χ3n) is 2.37. The van der Waals surface area contributed by atoms with Crippen LogP contribution in [-0.2, 0) is 16.4 Å². The van der Waals surface area contributed by atoms with E-state index < -0.39 is 10.0 Å². The van der Waals surface area contributed by atoms with Gasteiger partial charge in [-0.25, -0.2) is 13.1 Å². The van der Waals surface area contributed by atoms with Crippen LogP contribution in [0.5, 0.6) is 0 Å². The number of fused-ring (bicyclic) bond motifs is 1. The summed E-state index contributed by atoms with van der Waals surface area (Å²) in [5, 5.41) is 12.6. The van der Waals surface area contributed by atoms with Gasteiger partial charge in [0.2, 0.25) is 15.0 Å². The largest absolute Gasteiger partial charge is 0.250 e. The van der Waals surface area contributed by atoms with Gasteiger partial charge in [0, 0.05) is 13.0 Å². The van der Waals surface area contributed by atoms with Crippen LogP contribution in [0, 0.1) is 0 Å². The minimum Gasteiger partial charge on any atom is -0.210 e.